The van der Waals surface area contributed by atoms with Crippen LogP contribution in [0.15, 0.2) is 121 Å². The molecule has 2 amide bonds. The van der Waals surface area contributed by atoms with Crippen molar-refractivity contribution in [3.63, 3.8) is 0 Å². The maximum Gasteiger partial charge on any atom is 0.255 e. The smallest absolute Gasteiger partial charge is 0.255 e. The van der Waals surface area contributed by atoms with Crippen molar-refractivity contribution in [3.8, 4) is 0 Å². The Hall–Kier alpha value is -5.96. The highest BCUT2D eigenvalue weighted by atomic mass is 35.5. The van der Waals surface area contributed by atoms with Gasteiger partial charge in [-0.25, -0.2) is 9.97 Å². The quantitative estimate of drug-likeness (QED) is 0.130. The molecule has 0 aliphatic heterocycles. The molecule has 0 saturated carbocycles. The molecule has 8 nitrogen and oxygen atoms in total. The summed E-state index contributed by atoms with van der Waals surface area (Å²) in [6, 6.07) is 36.4. The number of carbonyl (C=O) groups is 2. The molecule has 0 aliphatic carbocycles. The molecule has 7 aromatic rings. The summed E-state index contributed by atoms with van der Waals surface area (Å²) in [4.78, 5) is 42.3. The summed E-state index contributed by atoms with van der Waals surface area (Å²) in [7, 11) is 0. The van der Waals surface area contributed by atoms with E-state index < -0.39 is 0 Å². The van der Waals surface area contributed by atoms with Crippen molar-refractivity contribution in [2.24, 2.45) is 0 Å². The van der Waals surface area contributed by atoms with Crippen LogP contribution < -0.4 is 10.6 Å². The summed E-state index contributed by atoms with van der Waals surface area (Å²) in [5.74, 6) is 0.421. The van der Waals surface area contributed by atoms with E-state index in [1.807, 2.05) is 84.9 Å². The largest absolute Gasteiger partial charge is 0.337 e. The van der Waals surface area contributed by atoms with Gasteiger partial charge in [-0.1, -0.05) is 83.9 Å². The Labute approximate surface area is 285 Å². The zero-order chi connectivity index (χ0) is 33.0. The first-order valence-corrected chi connectivity index (χ1v) is 15.7. The van der Waals surface area contributed by atoms with Gasteiger partial charge in [0, 0.05) is 21.2 Å². The number of rotatable bonds is 8. The fraction of sp³-hybridized carbons (Fsp3) is 0. The summed E-state index contributed by atoms with van der Waals surface area (Å²) < 4.78 is 0. The second-order valence-electron chi connectivity index (χ2n) is 10.9. The Bertz CT molecular complexity index is 2180. The Balaban J connectivity index is 1.23. The number of H-pyrrole nitrogens is 2. The van der Waals surface area contributed by atoms with Gasteiger partial charge in [0.05, 0.1) is 33.5 Å². The first-order chi connectivity index (χ1) is 23.4. The highest BCUT2D eigenvalue weighted by molar-refractivity contribution is 6.31. The molecule has 10 heteroatoms. The number of hydrogen-bond donors (Lipinski definition) is 4. The average Bonchev–Trinajstić information content (AvgIpc) is 3.73. The lowest BCUT2D eigenvalue weighted by Gasteiger charge is -2.10. The van der Waals surface area contributed by atoms with Crippen LogP contribution in [0.1, 0.15) is 43.5 Å². The second kappa shape index (κ2) is 13.4. The maximum absolute atomic E-state index is 13.2. The first-order valence-electron chi connectivity index (χ1n) is 15.0. The number of halogens is 2. The van der Waals surface area contributed by atoms with Crippen LogP contribution in [-0.2, 0) is 0 Å². The summed E-state index contributed by atoms with van der Waals surface area (Å²) in [6.45, 7) is 0. The molecule has 0 spiro atoms. The van der Waals surface area contributed by atoms with E-state index in [0.717, 1.165) is 22.2 Å². The lowest BCUT2D eigenvalue weighted by Crippen LogP contribution is -2.22. The van der Waals surface area contributed by atoms with Crippen molar-refractivity contribution < 1.29 is 9.59 Å². The van der Waals surface area contributed by atoms with E-state index in [9.17, 15) is 9.59 Å². The fourth-order valence-corrected chi connectivity index (χ4v) is 5.47. The number of fused-ring (bicyclic) bond motifs is 2. The Morgan fingerprint density at radius 3 is 1.58 bits per heavy atom. The standard InChI is InChI=1S/C38H26Cl2N6O2/c39-27-15-17-29-31(21-27)43-35(41-29)33(45-37(47)25-7-3-1-4-8-25)19-23-11-13-24(14-12-23)20-34(46-38(48)26-9-5-2-6-10-26)36-42-30-18-16-28(40)22-32(30)44-36/h1-22H,(H,41,43)(H,42,44)(H,45,47)(H,46,48)/b33-19-,34-20+. The monoisotopic (exact) mass is 668 g/mol. The second-order valence-corrected chi connectivity index (χ2v) is 11.8. The van der Waals surface area contributed by atoms with Crippen LogP contribution in [0.4, 0.5) is 0 Å². The van der Waals surface area contributed by atoms with E-state index in [1.54, 1.807) is 48.5 Å². The SMILES string of the molecule is O=C(N/C(=C\c1ccc(/C=C(/NC(=O)c2ccccc2)c2nc3cc(Cl)ccc3[nH]2)cc1)c1nc2ccc(Cl)cc2[nH]1)c1ccccc1. The molecular weight excluding hydrogens is 643 g/mol. The number of nitrogens with one attached hydrogen (secondary N) is 4. The summed E-state index contributed by atoms with van der Waals surface area (Å²) >= 11 is 12.4. The number of carbonyl (C=O) groups excluding carboxylic acids is 2. The van der Waals surface area contributed by atoms with Crippen LogP contribution in [0.25, 0.3) is 45.6 Å². The van der Waals surface area contributed by atoms with Crippen LogP contribution in [0.5, 0.6) is 0 Å². The Morgan fingerprint density at radius 1 is 0.542 bits per heavy atom. The lowest BCUT2D eigenvalue weighted by molar-refractivity contribution is 0.0965. The molecule has 5 aromatic carbocycles. The number of aromatic nitrogens is 4. The van der Waals surface area contributed by atoms with Gasteiger partial charge in [-0.15, -0.1) is 0 Å². The molecule has 2 aromatic heterocycles. The summed E-state index contributed by atoms with van der Waals surface area (Å²) in [5.41, 5.74) is 6.53. The average molecular weight is 670 g/mol. The van der Waals surface area contributed by atoms with Gasteiger partial charge < -0.3 is 20.6 Å². The van der Waals surface area contributed by atoms with Crippen LogP contribution in [0.2, 0.25) is 10.0 Å². The predicted molar refractivity (Wildman–Crippen MR) is 192 cm³/mol. The van der Waals surface area contributed by atoms with Gasteiger partial charge in [0.15, 0.2) is 11.6 Å². The topological polar surface area (TPSA) is 116 Å². The van der Waals surface area contributed by atoms with E-state index in [0.29, 0.717) is 55.2 Å². The van der Waals surface area contributed by atoms with Crippen molar-refractivity contribution >= 4 is 80.6 Å². The summed E-state index contributed by atoms with van der Waals surface area (Å²) in [6.07, 6.45) is 3.68. The molecule has 0 aliphatic rings. The van der Waals surface area contributed by atoms with Gasteiger partial charge in [-0.3, -0.25) is 9.59 Å². The highest BCUT2D eigenvalue weighted by Gasteiger charge is 2.16. The Kier molecular flexibility index (Phi) is 8.57. The van der Waals surface area contributed by atoms with E-state index in [1.165, 1.54) is 0 Å². The fourth-order valence-electron chi connectivity index (χ4n) is 5.13. The first kappa shape index (κ1) is 30.7. The van der Waals surface area contributed by atoms with Crippen LogP contribution in [-0.4, -0.2) is 31.8 Å². The lowest BCUT2D eigenvalue weighted by atomic mass is 10.1. The van der Waals surface area contributed by atoms with E-state index in [-0.39, 0.29) is 11.8 Å². The molecule has 0 bridgehead atoms. The molecule has 7 rings (SSSR count). The predicted octanol–water partition coefficient (Wildman–Crippen LogP) is 8.60. The molecule has 2 heterocycles. The van der Waals surface area contributed by atoms with Crippen molar-refractivity contribution in [1.29, 1.82) is 0 Å². The summed E-state index contributed by atoms with van der Waals surface area (Å²) in [5, 5.41) is 7.16. The third-order valence-electron chi connectivity index (χ3n) is 7.53. The minimum atomic E-state index is -0.272. The van der Waals surface area contributed by atoms with Gasteiger partial charge in [0.2, 0.25) is 0 Å². The van der Waals surface area contributed by atoms with Gasteiger partial charge in [-0.05, 0) is 83.9 Å². The molecule has 0 radical (unpaired) electrons. The van der Waals surface area contributed by atoms with Crippen molar-refractivity contribution in [3.05, 3.63) is 165 Å². The molecular formula is C38H26Cl2N6O2. The zero-order valence-electron chi connectivity index (χ0n) is 25.2. The number of amides is 2. The highest BCUT2D eigenvalue weighted by Crippen LogP contribution is 2.24. The van der Waals surface area contributed by atoms with Crippen LogP contribution in [0.3, 0.4) is 0 Å². The minimum Gasteiger partial charge on any atom is -0.337 e. The van der Waals surface area contributed by atoms with E-state index in [2.05, 4.69) is 20.6 Å². The number of imidazole rings is 2. The minimum absolute atomic E-state index is 0.272. The number of benzene rings is 5. The molecule has 0 saturated heterocycles. The Morgan fingerprint density at radius 2 is 1.02 bits per heavy atom. The number of hydrogen-bond acceptors (Lipinski definition) is 4. The van der Waals surface area contributed by atoms with Crippen molar-refractivity contribution in [1.82, 2.24) is 30.6 Å². The van der Waals surface area contributed by atoms with Gasteiger partial charge >= 0.3 is 0 Å². The molecule has 48 heavy (non-hydrogen) atoms. The van der Waals surface area contributed by atoms with Crippen molar-refractivity contribution in [2.45, 2.75) is 0 Å². The molecule has 0 unspecified atom stereocenters. The van der Waals surface area contributed by atoms with Crippen LogP contribution in [0, 0.1) is 0 Å². The van der Waals surface area contributed by atoms with Crippen molar-refractivity contribution in [2.75, 3.05) is 0 Å². The molecule has 0 atom stereocenters. The number of aromatic amines is 2. The normalized spacial score (nSPS) is 12.0. The van der Waals surface area contributed by atoms with Gasteiger partial charge in [-0.2, -0.15) is 0 Å². The molecule has 234 valence electrons. The van der Waals surface area contributed by atoms with Gasteiger partial charge in [0.25, 0.3) is 11.8 Å². The number of nitrogens with zero attached hydrogens (tertiary/aromatic N) is 2. The third kappa shape index (κ3) is 6.90. The van der Waals surface area contributed by atoms with Crippen LogP contribution >= 0.6 is 23.2 Å². The zero-order valence-corrected chi connectivity index (χ0v) is 26.7. The maximum atomic E-state index is 13.2. The van der Waals surface area contributed by atoms with E-state index >= 15 is 0 Å². The third-order valence-corrected chi connectivity index (χ3v) is 8.00. The van der Waals surface area contributed by atoms with Gasteiger partial charge in [0.1, 0.15) is 0 Å². The molecule has 4 N–H and O–H groups in total. The van der Waals surface area contributed by atoms with E-state index in [4.69, 9.17) is 33.2 Å². The molecule has 0 fully saturated rings.